The Kier molecular flexibility index (Phi) is 4.75. The van der Waals surface area contributed by atoms with E-state index in [1.807, 2.05) is 23.6 Å². The monoisotopic (exact) mass is 433 g/mol. The normalized spacial score (nSPS) is 19.4. The highest BCUT2D eigenvalue weighted by atomic mass is 32.1. The summed E-state index contributed by atoms with van der Waals surface area (Å²) in [7, 11) is 1.54. The number of aliphatic hydroxyl groups excluding tert-OH is 1. The number of thiophene rings is 1. The summed E-state index contributed by atoms with van der Waals surface area (Å²) < 4.78 is 10.8. The molecule has 1 amide bonds. The molecule has 1 fully saturated rings. The molecule has 0 aliphatic carbocycles. The smallest absolute Gasteiger partial charge is 0.300 e. The Labute approximate surface area is 183 Å². The highest BCUT2D eigenvalue weighted by Gasteiger charge is 2.47. The fraction of sp³-hybridized carbons (Fsp3) is 0.167. The lowest BCUT2D eigenvalue weighted by Gasteiger charge is -2.24. The van der Waals surface area contributed by atoms with Crippen LogP contribution in [0.1, 0.15) is 22.0 Å². The summed E-state index contributed by atoms with van der Waals surface area (Å²) in [5, 5.41) is 13.1. The number of ether oxygens (including phenoxy) is 2. The number of nitrogens with zero attached hydrogens (tertiary/aromatic N) is 1. The number of amides is 1. The first-order chi connectivity index (χ1) is 15.1. The lowest BCUT2D eigenvalue weighted by atomic mass is 9.98. The van der Waals surface area contributed by atoms with Crippen LogP contribution in [0.15, 0.2) is 65.6 Å². The van der Waals surface area contributed by atoms with Crippen LogP contribution in [-0.2, 0) is 16.0 Å². The van der Waals surface area contributed by atoms with Crippen LogP contribution in [0.5, 0.6) is 11.5 Å². The molecule has 3 heterocycles. The largest absolute Gasteiger partial charge is 0.507 e. The van der Waals surface area contributed by atoms with E-state index in [1.54, 1.807) is 43.5 Å². The van der Waals surface area contributed by atoms with E-state index in [4.69, 9.17) is 9.47 Å². The van der Waals surface area contributed by atoms with Crippen LogP contribution in [0, 0.1) is 0 Å². The van der Waals surface area contributed by atoms with Crippen LogP contribution in [0.4, 0.5) is 5.69 Å². The highest BCUT2D eigenvalue weighted by molar-refractivity contribution is 7.10. The molecular weight excluding hydrogens is 414 g/mol. The van der Waals surface area contributed by atoms with Crippen molar-refractivity contribution in [2.45, 2.75) is 12.5 Å². The summed E-state index contributed by atoms with van der Waals surface area (Å²) in [6, 6.07) is 15.3. The van der Waals surface area contributed by atoms with Gasteiger partial charge in [0.25, 0.3) is 11.7 Å². The molecule has 7 heteroatoms. The molecule has 0 radical (unpaired) electrons. The van der Waals surface area contributed by atoms with Gasteiger partial charge in [-0.1, -0.05) is 12.1 Å². The Hall–Kier alpha value is -3.58. The zero-order chi connectivity index (χ0) is 21.5. The van der Waals surface area contributed by atoms with E-state index in [1.165, 1.54) is 16.2 Å². The van der Waals surface area contributed by atoms with Gasteiger partial charge in [-0.05, 0) is 47.3 Å². The van der Waals surface area contributed by atoms with Crippen molar-refractivity contribution in [1.82, 2.24) is 0 Å². The molecule has 2 aliphatic rings. The molecule has 31 heavy (non-hydrogen) atoms. The van der Waals surface area contributed by atoms with Gasteiger partial charge in [-0.3, -0.25) is 14.5 Å². The minimum absolute atomic E-state index is 0.0779. The Morgan fingerprint density at radius 3 is 2.81 bits per heavy atom. The molecule has 0 saturated carbocycles. The first kappa shape index (κ1) is 19.4. The molecule has 5 rings (SSSR count). The number of aliphatic hydroxyl groups is 1. The third-order valence-corrected chi connectivity index (χ3v) is 6.48. The Morgan fingerprint density at radius 2 is 2.03 bits per heavy atom. The molecule has 1 saturated heterocycles. The summed E-state index contributed by atoms with van der Waals surface area (Å²) in [5.41, 5.74) is 2.07. The molecule has 1 N–H and O–H groups in total. The zero-order valence-corrected chi connectivity index (χ0v) is 17.5. The van der Waals surface area contributed by atoms with E-state index < -0.39 is 17.7 Å². The van der Waals surface area contributed by atoms with E-state index in [9.17, 15) is 14.7 Å². The predicted octanol–water partition coefficient (Wildman–Crippen LogP) is 4.32. The van der Waals surface area contributed by atoms with Crippen molar-refractivity contribution in [2.24, 2.45) is 0 Å². The van der Waals surface area contributed by atoms with E-state index in [0.717, 1.165) is 22.6 Å². The Balaban J connectivity index is 1.68. The summed E-state index contributed by atoms with van der Waals surface area (Å²) >= 11 is 1.43. The number of benzene rings is 2. The SMILES string of the molecule is COc1cccc(N2C(=O)C(=O)/C(=C(\O)c3ccc4c(c3)CCO4)C2c2cccs2)c1. The zero-order valence-electron chi connectivity index (χ0n) is 16.7. The molecule has 2 aromatic carbocycles. The fourth-order valence-corrected chi connectivity index (χ4v) is 4.89. The van der Waals surface area contributed by atoms with Gasteiger partial charge in [0.2, 0.25) is 0 Å². The number of anilines is 1. The Morgan fingerprint density at radius 1 is 1.16 bits per heavy atom. The van der Waals surface area contributed by atoms with Crippen LogP contribution in [0.2, 0.25) is 0 Å². The number of hydrogen-bond donors (Lipinski definition) is 1. The molecule has 6 nitrogen and oxygen atoms in total. The third kappa shape index (κ3) is 3.18. The molecular formula is C24H19NO5S. The van der Waals surface area contributed by atoms with Crippen molar-refractivity contribution in [3.05, 3.63) is 81.6 Å². The molecule has 156 valence electrons. The van der Waals surface area contributed by atoms with Gasteiger partial charge in [0, 0.05) is 28.6 Å². The van der Waals surface area contributed by atoms with Crippen molar-refractivity contribution in [3.8, 4) is 11.5 Å². The van der Waals surface area contributed by atoms with E-state index in [0.29, 0.717) is 23.6 Å². The molecule has 0 spiro atoms. The van der Waals surface area contributed by atoms with Gasteiger partial charge in [-0.15, -0.1) is 11.3 Å². The van der Waals surface area contributed by atoms with E-state index in [-0.39, 0.29) is 11.3 Å². The standard InChI is InChI=1S/C24H19NO5S/c1-29-17-5-2-4-16(13-17)25-21(19-6-3-11-31-19)20(23(27)24(25)28)22(26)15-7-8-18-14(12-15)9-10-30-18/h2-8,11-13,21,26H,9-10H2,1H3/b22-20-. The van der Waals surface area contributed by atoms with Crippen molar-refractivity contribution in [3.63, 3.8) is 0 Å². The maximum atomic E-state index is 13.1. The molecule has 1 aromatic heterocycles. The maximum absolute atomic E-state index is 13.1. The van der Waals surface area contributed by atoms with Gasteiger partial charge < -0.3 is 14.6 Å². The number of methoxy groups -OCH3 is 1. The van der Waals surface area contributed by atoms with E-state index in [2.05, 4.69) is 0 Å². The average Bonchev–Trinajstić information content (AvgIpc) is 3.53. The average molecular weight is 433 g/mol. The quantitative estimate of drug-likeness (QED) is 0.377. The second-order valence-electron chi connectivity index (χ2n) is 7.31. The minimum Gasteiger partial charge on any atom is -0.507 e. The number of carbonyl (C=O) groups is 2. The third-order valence-electron chi connectivity index (χ3n) is 5.55. The van der Waals surface area contributed by atoms with Crippen LogP contribution < -0.4 is 14.4 Å². The van der Waals surface area contributed by atoms with Crippen LogP contribution in [0.25, 0.3) is 5.76 Å². The second-order valence-corrected chi connectivity index (χ2v) is 8.29. The number of carbonyl (C=O) groups excluding carboxylic acids is 2. The van der Waals surface area contributed by atoms with Crippen LogP contribution >= 0.6 is 11.3 Å². The number of Topliss-reactive ketones (excluding diaryl/α,β-unsaturated/α-hetero) is 1. The van der Waals surface area contributed by atoms with Crippen LogP contribution in [0.3, 0.4) is 0 Å². The van der Waals surface area contributed by atoms with Crippen molar-refractivity contribution in [2.75, 3.05) is 18.6 Å². The van der Waals surface area contributed by atoms with E-state index >= 15 is 0 Å². The number of hydrogen-bond acceptors (Lipinski definition) is 6. The van der Waals surface area contributed by atoms with Gasteiger partial charge in [0.1, 0.15) is 23.3 Å². The lowest BCUT2D eigenvalue weighted by molar-refractivity contribution is -0.132. The highest BCUT2D eigenvalue weighted by Crippen LogP contribution is 2.44. The van der Waals surface area contributed by atoms with Gasteiger partial charge in [0.05, 0.1) is 19.3 Å². The van der Waals surface area contributed by atoms with Crippen molar-refractivity contribution in [1.29, 1.82) is 0 Å². The first-order valence-corrected chi connectivity index (χ1v) is 10.7. The lowest BCUT2D eigenvalue weighted by Crippen LogP contribution is -2.29. The van der Waals surface area contributed by atoms with Gasteiger partial charge >= 0.3 is 0 Å². The Bertz CT molecular complexity index is 1210. The minimum atomic E-state index is -0.725. The van der Waals surface area contributed by atoms with Gasteiger partial charge in [-0.2, -0.15) is 0 Å². The summed E-state index contributed by atoms with van der Waals surface area (Å²) in [5.74, 6) is -0.226. The topological polar surface area (TPSA) is 76.1 Å². The number of rotatable bonds is 4. The van der Waals surface area contributed by atoms with Gasteiger partial charge in [-0.25, -0.2) is 0 Å². The molecule has 0 bridgehead atoms. The fourth-order valence-electron chi connectivity index (χ4n) is 4.06. The summed E-state index contributed by atoms with van der Waals surface area (Å²) in [6.07, 6.45) is 0.739. The summed E-state index contributed by atoms with van der Waals surface area (Å²) in [4.78, 5) is 28.5. The maximum Gasteiger partial charge on any atom is 0.300 e. The second kappa shape index (κ2) is 7.59. The van der Waals surface area contributed by atoms with Crippen molar-refractivity contribution < 1.29 is 24.2 Å². The molecule has 1 unspecified atom stereocenters. The van der Waals surface area contributed by atoms with Crippen molar-refractivity contribution >= 4 is 34.5 Å². The number of fused-ring (bicyclic) bond motifs is 1. The first-order valence-electron chi connectivity index (χ1n) is 9.83. The summed E-state index contributed by atoms with van der Waals surface area (Å²) in [6.45, 7) is 0.592. The molecule has 2 aliphatic heterocycles. The van der Waals surface area contributed by atoms with Crippen LogP contribution in [-0.4, -0.2) is 30.5 Å². The van der Waals surface area contributed by atoms with Gasteiger partial charge in [0.15, 0.2) is 0 Å². The predicted molar refractivity (Wildman–Crippen MR) is 118 cm³/mol. The molecule has 3 aromatic rings. The number of ketones is 1. The molecule has 1 atom stereocenters.